The molecule has 0 fully saturated rings. The predicted octanol–water partition coefficient (Wildman–Crippen LogP) is 4.27. The third-order valence-electron chi connectivity index (χ3n) is 4.17. The molecule has 2 rings (SSSR count). The average molecular weight is 456 g/mol. The van der Waals surface area contributed by atoms with Crippen LogP contribution in [0.4, 0.5) is 5.69 Å². The summed E-state index contributed by atoms with van der Waals surface area (Å²) in [6.07, 6.45) is 1.06. The lowest BCUT2D eigenvalue weighted by atomic mass is 9.87. The van der Waals surface area contributed by atoms with Gasteiger partial charge in [-0.15, -0.1) is 0 Å². The number of hydrogen-bond acceptors (Lipinski definition) is 4. The molecule has 0 bridgehead atoms. The number of halogens is 1. The molecular weight excluding hydrogens is 430 g/mol. The van der Waals surface area contributed by atoms with Gasteiger partial charge < -0.3 is 5.32 Å². The van der Waals surface area contributed by atoms with Crippen LogP contribution >= 0.6 is 23.8 Å². The summed E-state index contributed by atoms with van der Waals surface area (Å²) in [7, 11) is -3.39. The fourth-order valence-electron chi connectivity index (χ4n) is 2.58. The van der Waals surface area contributed by atoms with Crippen molar-refractivity contribution in [2.75, 3.05) is 11.0 Å². The third kappa shape index (κ3) is 7.47. The summed E-state index contributed by atoms with van der Waals surface area (Å²) in [4.78, 5) is 0. The van der Waals surface area contributed by atoms with E-state index in [0.29, 0.717) is 22.8 Å². The van der Waals surface area contributed by atoms with E-state index in [1.54, 1.807) is 12.1 Å². The molecule has 2 aromatic carbocycles. The third-order valence-corrected chi connectivity index (χ3v) is 5.49. The smallest absolute Gasteiger partial charge is 0.229 e. The number of sulfonamides is 1. The number of nitrogens with one attached hydrogen (secondary N) is 2. The van der Waals surface area contributed by atoms with Crippen molar-refractivity contribution in [2.24, 2.45) is 0 Å². The Balaban J connectivity index is 1.93. The lowest BCUT2D eigenvalue weighted by Crippen LogP contribution is -2.36. The van der Waals surface area contributed by atoms with Crippen molar-refractivity contribution in [3.8, 4) is 0 Å². The minimum absolute atomic E-state index is 0.0623. The molecule has 0 aliphatic rings. The molecule has 0 saturated heterocycles. The first-order valence-corrected chi connectivity index (χ1v) is 11.6. The molecule has 0 heterocycles. The molecule has 2 aromatic rings. The number of benzene rings is 2. The second-order valence-electron chi connectivity index (χ2n) is 7.84. The molecular formula is C20H26ClN3O3S2. The van der Waals surface area contributed by atoms with E-state index < -0.39 is 10.0 Å². The predicted molar refractivity (Wildman–Crippen MR) is 122 cm³/mol. The van der Waals surface area contributed by atoms with Crippen molar-refractivity contribution >= 4 is 44.6 Å². The average Bonchev–Trinajstić information content (AvgIpc) is 2.60. The van der Waals surface area contributed by atoms with Gasteiger partial charge in [0.05, 0.1) is 12.8 Å². The van der Waals surface area contributed by atoms with Crippen LogP contribution in [0.1, 0.15) is 37.5 Å². The molecule has 3 N–H and O–H groups in total. The van der Waals surface area contributed by atoms with Crippen LogP contribution in [-0.2, 0) is 28.5 Å². The number of hydroxylamine groups is 2. The second kappa shape index (κ2) is 9.30. The molecule has 0 spiro atoms. The summed E-state index contributed by atoms with van der Waals surface area (Å²) in [5, 5.41) is 14.6. The van der Waals surface area contributed by atoms with Crippen molar-refractivity contribution in [2.45, 2.75) is 39.3 Å². The van der Waals surface area contributed by atoms with Gasteiger partial charge in [0.1, 0.15) is 0 Å². The topological polar surface area (TPSA) is 81.7 Å². The number of hydrogen-bond donors (Lipinski definition) is 3. The van der Waals surface area contributed by atoms with E-state index in [2.05, 4.69) is 42.9 Å². The maximum absolute atomic E-state index is 11.3. The zero-order valence-electron chi connectivity index (χ0n) is 16.9. The molecule has 0 unspecified atom stereocenters. The van der Waals surface area contributed by atoms with Gasteiger partial charge in [-0.1, -0.05) is 62.7 Å². The van der Waals surface area contributed by atoms with Crippen LogP contribution in [0.5, 0.6) is 0 Å². The molecule has 0 saturated carbocycles. The summed E-state index contributed by atoms with van der Waals surface area (Å²) >= 11 is 11.4. The van der Waals surface area contributed by atoms with Crippen molar-refractivity contribution in [3.63, 3.8) is 0 Å². The van der Waals surface area contributed by atoms with Crippen molar-refractivity contribution in [1.29, 1.82) is 0 Å². The highest BCUT2D eigenvalue weighted by Crippen LogP contribution is 2.23. The second-order valence-corrected chi connectivity index (χ2v) is 10.4. The normalized spacial score (nSPS) is 11.8. The van der Waals surface area contributed by atoms with Gasteiger partial charge in [-0.05, 0) is 46.5 Å². The SMILES string of the molecule is CC(C)(C)c1ccc(CNC(=S)N(O)Cc2ccc(NS(C)(=O)=O)cc2Cl)cc1. The lowest BCUT2D eigenvalue weighted by molar-refractivity contribution is -0.0236. The Bertz CT molecular complexity index is 971. The summed E-state index contributed by atoms with van der Waals surface area (Å²) in [6, 6.07) is 12.9. The first-order chi connectivity index (χ1) is 13.3. The fourth-order valence-corrected chi connectivity index (χ4v) is 3.51. The Labute approximate surface area is 182 Å². The van der Waals surface area contributed by atoms with E-state index in [9.17, 15) is 13.6 Å². The first kappa shape index (κ1) is 23.4. The molecule has 0 aliphatic carbocycles. The zero-order valence-corrected chi connectivity index (χ0v) is 19.2. The molecule has 0 amide bonds. The van der Waals surface area contributed by atoms with Gasteiger partial charge in [-0.3, -0.25) is 9.93 Å². The summed E-state index contributed by atoms with van der Waals surface area (Å²) < 4.78 is 24.9. The quantitative estimate of drug-likeness (QED) is 0.445. The first-order valence-electron chi connectivity index (χ1n) is 8.95. The lowest BCUT2D eigenvalue weighted by Gasteiger charge is -2.21. The molecule has 6 nitrogen and oxygen atoms in total. The number of rotatable bonds is 6. The van der Waals surface area contributed by atoms with Gasteiger partial charge in [0.15, 0.2) is 5.11 Å². The zero-order chi connectivity index (χ0) is 21.8. The highest BCUT2D eigenvalue weighted by atomic mass is 35.5. The molecule has 0 atom stereocenters. The number of thiocarbonyl (C=S) groups is 1. The van der Waals surface area contributed by atoms with E-state index in [1.807, 2.05) is 12.1 Å². The van der Waals surface area contributed by atoms with Gasteiger partial charge in [-0.2, -0.15) is 0 Å². The summed E-state index contributed by atoms with van der Waals surface area (Å²) in [5.74, 6) is 0. The van der Waals surface area contributed by atoms with E-state index in [0.717, 1.165) is 16.9 Å². The Kier molecular flexibility index (Phi) is 7.50. The Morgan fingerprint density at radius 1 is 1.17 bits per heavy atom. The minimum atomic E-state index is -3.39. The van der Waals surface area contributed by atoms with Gasteiger partial charge in [0.2, 0.25) is 10.0 Å². The van der Waals surface area contributed by atoms with E-state index in [-0.39, 0.29) is 17.1 Å². The molecule has 29 heavy (non-hydrogen) atoms. The highest BCUT2D eigenvalue weighted by molar-refractivity contribution is 7.92. The molecule has 9 heteroatoms. The maximum Gasteiger partial charge on any atom is 0.229 e. The summed E-state index contributed by atoms with van der Waals surface area (Å²) in [6.45, 7) is 7.02. The molecule has 158 valence electrons. The summed E-state index contributed by atoms with van der Waals surface area (Å²) in [5.41, 5.74) is 3.34. The Morgan fingerprint density at radius 3 is 2.31 bits per heavy atom. The van der Waals surface area contributed by atoms with Crippen LogP contribution < -0.4 is 10.0 Å². The maximum atomic E-state index is 11.3. The van der Waals surface area contributed by atoms with E-state index in [4.69, 9.17) is 23.8 Å². The van der Waals surface area contributed by atoms with Gasteiger partial charge >= 0.3 is 0 Å². The fraction of sp³-hybridized carbons (Fsp3) is 0.350. The number of nitrogens with zero attached hydrogens (tertiary/aromatic N) is 1. The van der Waals surface area contributed by atoms with Crippen LogP contribution in [0.25, 0.3) is 0 Å². The van der Waals surface area contributed by atoms with Crippen LogP contribution in [0.2, 0.25) is 5.02 Å². The standard InChI is InChI=1S/C20H26ClN3O3S2/c1-20(2,3)16-8-5-14(6-9-16)12-22-19(28)24(25)13-15-7-10-17(11-18(15)21)23-29(4,26)27/h5-11,23,25H,12-13H2,1-4H3,(H,22,28). The van der Waals surface area contributed by atoms with Crippen molar-refractivity contribution in [1.82, 2.24) is 10.4 Å². The molecule has 0 aromatic heterocycles. The van der Waals surface area contributed by atoms with Crippen molar-refractivity contribution < 1.29 is 13.6 Å². The van der Waals surface area contributed by atoms with Crippen molar-refractivity contribution in [3.05, 3.63) is 64.2 Å². The monoisotopic (exact) mass is 455 g/mol. The van der Waals surface area contributed by atoms with E-state index >= 15 is 0 Å². The van der Waals surface area contributed by atoms with Gasteiger partial charge in [0.25, 0.3) is 0 Å². The molecule has 0 aliphatic heterocycles. The molecule has 0 radical (unpaired) electrons. The van der Waals surface area contributed by atoms with Crippen LogP contribution in [0.15, 0.2) is 42.5 Å². The van der Waals surface area contributed by atoms with Crippen LogP contribution in [0.3, 0.4) is 0 Å². The highest BCUT2D eigenvalue weighted by Gasteiger charge is 2.14. The Morgan fingerprint density at radius 2 is 1.79 bits per heavy atom. The van der Waals surface area contributed by atoms with Gasteiger partial charge in [-0.25, -0.2) is 13.5 Å². The van der Waals surface area contributed by atoms with Gasteiger partial charge in [0, 0.05) is 17.3 Å². The number of anilines is 1. The largest absolute Gasteiger partial charge is 0.357 e. The van der Waals surface area contributed by atoms with Crippen LogP contribution in [-0.4, -0.2) is 30.1 Å². The van der Waals surface area contributed by atoms with Crippen LogP contribution in [0, 0.1) is 0 Å². The Hall–Kier alpha value is -1.87. The van der Waals surface area contributed by atoms with E-state index in [1.165, 1.54) is 11.6 Å². The minimum Gasteiger partial charge on any atom is -0.357 e.